The average Bonchev–Trinajstić information content (AvgIpc) is 2.81. The van der Waals surface area contributed by atoms with E-state index in [0.29, 0.717) is 17.1 Å². The van der Waals surface area contributed by atoms with Gasteiger partial charge in [-0.1, -0.05) is 6.92 Å². The van der Waals surface area contributed by atoms with Gasteiger partial charge < -0.3 is 16.2 Å². The Labute approximate surface area is 128 Å². The van der Waals surface area contributed by atoms with Gasteiger partial charge in [0.2, 0.25) is 0 Å². The quantitative estimate of drug-likeness (QED) is 0.715. The summed E-state index contributed by atoms with van der Waals surface area (Å²) in [6, 6.07) is 1.89. The molecule has 2 aromatic rings. The average molecular weight is 307 g/mol. The Kier molecular flexibility index (Phi) is 5.14. The predicted octanol–water partition coefficient (Wildman–Crippen LogP) is 2.33. The molecule has 4 N–H and O–H groups in total. The van der Waals surface area contributed by atoms with Crippen LogP contribution in [0.1, 0.15) is 35.0 Å². The minimum atomic E-state index is -0.147. The number of amides is 1. The zero-order valence-corrected chi connectivity index (χ0v) is 13.2. The SMILES string of the molecule is Cc1ccnc2sc(C(=O)NCCCC(C)CO)c(N)c12. The lowest BCUT2D eigenvalue weighted by molar-refractivity contribution is 0.0957. The number of carbonyl (C=O) groups is 1. The number of hydrogen-bond acceptors (Lipinski definition) is 5. The van der Waals surface area contributed by atoms with Crippen molar-refractivity contribution >= 4 is 33.1 Å². The number of aliphatic hydroxyl groups excluding tert-OH is 1. The Bertz CT molecular complexity index is 639. The lowest BCUT2D eigenvalue weighted by Crippen LogP contribution is -2.24. The van der Waals surface area contributed by atoms with Crippen molar-refractivity contribution in [2.45, 2.75) is 26.7 Å². The molecule has 2 heterocycles. The molecule has 0 saturated carbocycles. The maximum atomic E-state index is 12.2. The normalized spacial score (nSPS) is 12.5. The van der Waals surface area contributed by atoms with Crippen LogP contribution in [0.4, 0.5) is 5.69 Å². The highest BCUT2D eigenvalue weighted by Gasteiger charge is 2.17. The third kappa shape index (κ3) is 3.51. The van der Waals surface area contributed by atoms with E-state index in [2.05, 4.69) is 10.3 Å². The van der Waals surface area contributed by atoms with Crippen LogP contribution in [0.2, 0.25) is 0 Å². The zero-order chi connectivity index (χ0) is 15.4. The van der Waals surface area contributed by atoms with Gasteiger partial charge in [-0.2, -0.15) is 0 Å². The number of hydrogen-bond donors (Lipinski definition) is 3. The summed E-state index contributed by atoms with van der Waals surface area (Å²) in [5.74, 6) is 0.120. The smallest absolute Gasteiger partial charge is 0.263 e. The number of pyridine rings is 1. The molecule has 114 valence electrons. The first-order valence-corrected chi connectivity index (χ1v) is 7.88. The Hall–Kier alpha value is -1.66. The third-order valence-corrected chi connectivity index (χ3v) is 4.63. The number of aryl methyl sites for hydroxylation is 1. The molecule has 6 heteroatoms. The first-order valence-electron chi connectivity index (χ1n) is 7.07. The van der Waals surface area contributed by atoms with E-state index < -0.39 is 0 Å². The number of rotatable bonds is 6. The van der Waals surface area contributed by atoms with Gasteiger partial charge in [0.25, 0.3) is 5.91 Å². The van der Waals surface area contributed by atoms with E-state index in [1.54, 1.807) is 6.20 Å². The topological polar surface area (TPSA) is 88.2 Å². The Morgan fingerprint density at radius 3 is 3.00 bits per heavy atom. The van der Waals surface area contributed by atoms with Crippen LogP contribution in [-0.4, -0.2) is 29.1 Å². The maximum absolute atomic E-state index is 12.2. The van der Waals surface area contributed by atoms with Crippen LogP contribution in [0, 0.1) is 12.8 Å². The Morgan fingerprint density at radius 2 is 2.33 bits per heavy atom. The standard InChI is InChI=1S/C15H21N3O2S/c1-9(8-19)4-3-6-17-14(20)13-12(16)11-10(2)5-7-18-15(11)21-13/h5,7,9,19H,3-4,6,8,16H2,1-2H3,(H,17,20). The molecule has 0 saturated heterocycles. The van der Waals surface area contributed by atoms with E-state index in [1.165, 1.54) is 11.3 Å². The van der Waals surface area contributed by atoms with E-state index in [4.69, 9.17) is 10.8 Å². The van der Waals surface area contributed by atoms with Gasteiger partial charge in [0.1, 0.15) is 9.71 Å². The molecule has 0 radical (unpaired) electrons. The second kappa shape index (κ2) is 6.87. The second-order valence-electron chi connectivity index (χ2n) is 5.34. The summed E-state index contributed by atoms with van der Waals surface area (Å²) < 4.78 is 0. The van der Waals surface area contributed by atoms with Gasteiger partial charge in [-0.3, -0.25) is 4.79 Å². The highest BCUT2D eigenvalue weighted by molar-refractivity contribution is 7.21. The Morgan fingerprint density at radius 1 is 1.57 bits per heavy atom. The van der Waals surface area contributed by atoms with Crippen LogP contribution >= 0.6 is 11.3 Å². The van der Waals surface area contributed by atoms with Crippen molar-refractivity contribution in [3.8, 4) is 0 Å². The van der Waals surface area contributed by atoms with Gasteiger partial charge in [0, 0.05) is 24.7 Å². The van der Waals surface area contributed by atoms with Gasteiger partial charge in [0.05, 0.1) is 5.69 Å². The monoisotopic (exact) mass is 307 g/mol. The molecule has 0 bridgehead atoms. The number of carbonyl (C=O) groups excluding carboxylic acids is 1. The number of fused-ring (bicyclic) bond motifs is 1. The molecular formula is C15H21N3O2S. The lowest BCUT2D eigenvalue weighted by Gasteiger charge is -2.08. The van der Waals surface area contributed by atoms with Crippen LogP contribution in [0.3, 0.4) is 0 Å². The Balaban J connectivity index is 2.03. The summed E-state index contributed by atoms with van der Waals surface area (Å²) in [6.45, 7) is 4.72. The fourth-order valence-corrected chi connectivity index (χ4v) is 3.25. The number of nitrogen functional groups attached to an aromatic ring is 1. The van der Waals surface area contributed by atoms with Crippen molar-refractivity contribution in [2.24, 2.45) is 5.92 Å². The van der Waals surface area contributed by atoms with E-state index in [0.717, 1.165) is 28.6 Å². The summed E-state index contributed by atoms with van der Waals surface area (Å²) in [6.07, 6.45) is 3.46. The molecule has 0 fully saturated rings. The molecule has 0 aliphatic carbocycles. The van der Waals surface area contributed by atoms with E-state index in [1.807, 2.05) is 19.9 Å². The molecule has 0 aliphatic rings. The fraction of sp³-hybridized carbons (Fsp3) is 0.467. The van der Waals surface area contributed by atoms with Crippen LogP contribution in [0.25, 0.3) is 10.2 Å². The predicted molar refractivity (Wildman–Crippen MR) is 86.6 cm³/mol. The van der Waals surface area contributed by atoms with E-state index in [9.17, 15) is 4.79 Å². The van der Waals surface area contributed by atoms with Crippen LogP contribution in [0.15, 0.2) is 12.3 Å². The summed E-state index contributed by atoms with van der Waals surface area (Å²) in [4.78, 5) is 17.8. The van der Waals surface area contributed by atoms with Gasteiger partial charge in [-0.15, -0.1) is 11.3 Å². The van der Waals surface area contributed by atoms with Crippen LogP contribution < -0.4 is 11.1 Å². The summed E-state index contributed by atoms with van der Waals surface area (Å²) in [5.41, 5.74) is 7.64. The summed E-state index contributed by atoms with van der Waals surface area (Å²) in [7, 11) is 0. The number of nitrogens with two attached hydrogens (primary N) is 1. The molecule has 2 rings (SSSR count). The number of thiophene rings is 1. The van der Waals surface area contributed by atoms with Gasteiger partial charge in [0.15, 0.2) is 0 Å². The van der Waals surface area contributed by atoms with E-state index in [-0.39, 0.29) is 18.4 Å². The molecule has 2 aromatic heterocycles. The summed E-state index contributed by atoms with van der Waals surface area (Å²) >= 11 is 1.33. The number of anilines is 1. The molecule has 1 amide bonds. The van der Waals surface area contributed by atoms with Crippen molar-refractivity contribution < 1.29 is 9.90 Å². The maximum Gasteiger partial charge on any atom is 0.263 e. The van der Waals surface area contributed by atoms with Gasteiger partial charge in [-0.25, -0.2) is 4.98 Å². The van der Waals surface area contributed by atoms with Crippen molar-refractivity contribution in [3.05, 3.63) is 22.7 Å². The fourth-order valence-electron chi connectivity index (χ4n) is 2.20. The van der Waals surface area contributed by atoms with Crippen molar-refractivity contribution in [1.82, 2.24) is 10.3 Å². The van der Waals surface area contributed by atoms with Gasteiger partial charge in [-0.05, 0) is 37.3 Å². The van der Waals surface area contributed by atoms with Crippen molar-refractivity contribution in [3.63, 3.8) is 0 Å². The van der Waals surface area contributed by atoms with E-state index >= 15 is 0 Å². The lowest BCUT2D eigenvalue weighted by atomic mass is 10.1. The number of aliphatic hydroxyl groups is 1. The molecule has 5 nitrogen and oxygen atoms in total. The molecule has 0 aromatic carbocycles. The summed E-state index contributed by atoms with van der Waals surface area (Å²) in [5, 5.41) is 12.7. The van der Waals surface area contributed by atoms with Crippen molar-refractivity contribution in [2.75, 3.05) is 18.9 Å². The minimum Gasteiger partial charge on any atom is -0.397 e. The van der Waals surface area contributed by atoms with Crippen LogP contribution in [-0.2, 0) is 0 Å². The molecule has 0 aliphatic heterocycles. The highest BCUT2D eigenvalue weighted by Crippen LogP contribution is 2.34. The third-order valence-electron chi connectivity index (χ3n) is 3.51. The van der Waals surface area contributed by atoms with Crippen LogP contribution in [0.5, 0.6) is 0 Å². The van der Waals surface area contributed by atoms with Gasteiger partial charge >= 0.3 is 0 Å². The first kappa shape index (κ1) is 15.7. The number of nitrogens with zero attached hydrogens (tertiary/aromatic N) is 1. The molecule has 0 spiro atoms. The highest BCUT2D eigenvalue weighted by atomic mass is 32.1. The minimum absolute atomic E-state index is 0.147. The molecule has 21 heavy (non-hydrogen) atoms. The zero-order valence-electron chi connectivity index (χ0n) is 12.3. The molecule has 1 unspecified atom stereocenters. The molecular weight excluding hydrogens is 286 g/mol. The molecule has 1 atom stereocenters. The first-order chi connectivity index (χ1) is 10.0. The second-order valence-corrected chi connectivity index (χ2v) is 6.34. The largest absolute Gasteiger partial charge is 0.397 e. The van der Waals surface area contributed by atoms with Crippen molar-refractivity contribution in [1.29, 1.82) is 0 Å². The number of aromatic nitrogens is 1. The number of nitrogens with one attached hydrogen (secondary N) is 1.